The molecule has 1 saturated heterocycles. The van der Waals surface area contributed by atoms with Gasteiger partial charge in [0, 0.05) is 26.2 Å². The summed E-state index contributed by atoms with van der Waals surface area (Å²) in [5.41, 5.74) is 0. The second-order valence-electron chi connectivity index (χ2n) is 6.90. The average Bonchev–Trinajstić information content (AvgIpc) is 3.29. The molecule has 2 fully saturated rings. The van der Waals surface area contributed by atoms with E-state index in [-0.39, 0.29) is 5.91 Å². The minimum Gasteiger partial charge on any atom is -0.343 e. The Bertz CT molecular complexity index is 324. The van der Waals surface area contributed by atoms with Gasteiger partial charge in [0.05, 0.1) is 6.54 Å². The highest BCUT2D eigenvalue weighted by atomic mass is 16.2. The molecule has 0 spiro atoms. The van der Waals surface area contributed by atoms with Gasteiger partial charge in [0.25, 0.3) is 0 Å². The second-order valence-corrected chi connectivity index (χ2v) is 6.90. The lowest BCUT2D eigenvalue weighted by Gasteiger charge is -2.35. The molecule has 1 aliphatic heterocycles. The summed E-state index contributed by atoms with van der Waals surface area (Å²) in [5, 5.41) is 3.27. The van der Waals surface area contributed by atoms with Gasteiger partial charge in [0.2, 0.25) is 5.91 Å². The van der Waals surface area contributed by atoms with Crippen LogP contribution < -0.4 is 5.32 Å². The first kappa shape index (κ1) is 16.7. The molecule has 0 aromatic rings. The van der Waals surface area contributed by atoms with E-state index in [1.54, 1.807) is 0 Å². The zero-order valence-corrected chi connectivity index (χ0v) is 14.0. The molecule has 122 valence electrons. The van der Waals surface area contributed by atoms with Crippen molar-refractivity contribution >= 4 is 5.91 Å². The number of amides is 1. The fraction of sp³-hybridized carbons (Fsp3) is 0.938. The molecule has 0 radical (unpaired) electrons. The Hall–Kier alpha value is -0.650. The fourth-order valence-electron chi connectivity index (χ4n) is 2.89. The molecule has 1 aliphatic carbocycles. The van der Waals surface area contributed by atoms with Crippen molar-refractivity contribution < 1.29 is 4.79 Å². The summed E-state index contributed by atoms with van der Waals surface area (Å²) in [7, 11) is 6.31. The molecule has 21 heavy (non-hydrogen) atoms. The Labute approximate surface area is 129 Å². The number of carbonyl (C=O) groups excluding carboxylic acids is 1. The molecule has 2 rings (SSSR count). The van der Waals surface area contributed by atoms with Gasteiger partial charge in [-0.05, 0) is 65.3 Å². The minimum atomic E-state index is 0.215. The van der Waals surface area contributed by atoms with E-state index >= 15 is 0 Å². The molecule has 0 bridgehead atoms. The number of hydrogen-bond donors (Lipinski definition) is 1. The van der Waals surface area contributed by atoms with E-state index in [0.29, 0.717) is 12.6 Å². The topological polar surface area (TPSA) is 38.8 Å². The van der Waals surface area contributed by atoms with Crippen molar-refractivity contribution in [1.29, 1.82) is 0 Å². The van der Waals surface area contributed by atoms with Gasteiger partial charge in [-0.25, -0.2) is 0 Å². The van der Waals surface area contributed by atoms with E-state index in [2.05, 4.69) is 29.2 Å². The van der Waals surface area contributed by atoms with Crippen molar-refractivity contribution in [3.63, 3.8) is 0 Å². The van der Waals surface area contributed by atoms with Gasteiger partial charge in [-0.3, -0.25) is 4.79 Å². The third-order valence-corrected chi connectivity index (χ3v) is 4.93. The number of piperidine rings is 1. The van der Waals surface area contributed by atoms with E-state index < -0.39 is 0 Å². The summed E-state index contributed by atoms with van der Waals surface area (Å²) in [5.74, 6) is 1.05. The van der Waals surface area contributed by atoms with E-state index in [1.807, 2.05) is 11.9 Å². The molecule has 1 amide bonds. The van der Waals surface area contributed by atoms with Crippen LogP contribution in [0, 0.1) is 5.92 Å². The lowest BCUT2D eigenvalue weighted by atomic mass is 10.0. The first-order chi connectivity index (χ1) is 10.1. The summed E-state index contributed by atoms with van der Waals surface area (Å²) < 4.78 is 0. The maximum atomic E-state index is 12.0. The highest BCUT2D eigenvalue weighted by molar-refractivity contribution is 5.77. The van der Waals surface area contributed by atoms with Gasteiger partial charge in [-0.1, -0.05) is 0 Å². The lowest BCUT2D eigenvalue weighted by Crippen LogP contribution is -2.45. The van der Waals surface area contributed by atoms with E-state index in [9.17, 15) is 4.79 Å². The van der Waals surface area contributed by atoms with Crippen molar-refractivity contribution in [1.82, 2.24) is 20.0 Å². The maximum Gasteiger partial charge on any atom is 0.236 e. The van der Waals surface area contributed by atoms with Gasteiger partial charge in [-0.15, -0.1) is 0 Å². The third-order valence-electron chi connectivity index (χ3n) is 4.93. The van der Waals surface area contributed by atoms with Crippen molar-refractivity contribution in [2.24, 2.45) is 5.92 Å². The molecule has 2 aliphatic rings. The number of rotatable bonds is 8. The molecule has 1 N–H and O–H groups in total. The van der Waals surface area contributed by atoms with Crippen molar-refractivity contribution in [3.05, 3.63) is 0 Å². The second kappa shape index (κ2) is 8.11. The summed E-state index contributed by atoms with van der Waals surface area (Å²) in [4.78, 5) is 18.7. The Morgan fingerprint density at radius 3 is 2.43 bits per heavy atom. The number of hydrogen-bond acceptors (Lipinski definition) is 4. The summed E-state index contributed by atoms with van der Waals surface area (Å²) in [6.07, 6.45) is 5.15. The molecule has 0 aromatic carbocycles. The van der Waals surface area contributed by atoms with Crippen LogP contribution in [0.5, 0.6) is 0 Å². The zero-order chi connectivity index (χ0) is 15.2. The van der Waals surface area contributed by atoms with Crippen LogP contribution in [0.4, 0.5) is 0 Å². The summed E-state index contributed by atoms with van der Waals surface area (Å²) >= 11 is 0. The van der Waals surface area contributed by atoms with Gasteiger partial charge in [0.1, 0.15) is 0 Å². The normalized spacial score (nSPS) is 21.0. The van der Waals surface area contributed by atoms with Gasteiger partial charge in [-0.2, -0.15) is 0 Å². The average molecular weight is 296 g/mol. The smallest absolute Gasteiger partial charge is 0.236 e. The summed E-state index contributed by atoms with van der Waals surface area (Å²) in [6.45, 7) is 5.68. The molecule has 1 saturated carbocycles. The van der Waals surface area contributed by atoms with Gasteiger partial charge in [0.15, 0.2) is 0 Å². The predicted molar refractivity (Wildman–Crippen MR) is 86.4 cm³/mol. The van der Waals surface area contributed by atoms with Crippen LogP contribution in [0.2, 0.25) is 0 Å². The standard InChI is InChI=1S/C16H32N4O/c1-18-8-6-15(7-9-18)19(2)10-11-20(3)16(21)13-17-12-14-4-5-14/h14-15,17H,4-13H2,1-3H3. The van der Waals surface area contributed by atoms with E-state index in [4.69, 9.17) is 0 Å². The van der Waals surface area contributed by atoms with E-state index in [0.717, 1.165) is 25.6 Å². The van der Waals surface area contributed by atoms with Crippen LogP contribution in [0.3, 0.4) is 0 Å². The highest BCUT2D eigenvalue weighted by Gasteiger charge is 2.22. The van der Waals surface area contributed by atoms with Crippen LogP contribution >= 0.6 is 0 Å². The molecule has 5 nitrogen and oxygen atoms in total. The quantitative estimate of drug-likeness (QED) is 0.707. The third kappa shape index (κ3) is 5.93. The SMILES string of the molecule is CN1CCC(N(C)CCN(C)C(=O)CNCC2CC2)CC1. The Kier molecular flexibility index (Phi) is 6.45. The highest BCUT2D eigenvalue weighted by Crippen LogP contribution is 2.27. The molecule has 0 unspecified atom stereocenters. The molecule has 5 heteroatoms. The number of likely N-dealkylation sites (N-methyl/N-ethyl adjacent to an activating group) is 2. The van der Waals surface area contributed by atoms with Crippen LogP contribution in [0.15, 0.2) is 0 Å². The number of nitrogens with zero attached hydrogens (tertiary/aromatic N) is 3. The maximum absolute atomic E-state index is 12.0. The van der Waals surface area contributed by atoms with Crippen molar-refractivity contribution in [2.45, 2.75) is 31.7 Å². The van der Waals surface area contributed by atoms with Crippen LogP contribution in [-0.2, 0) is 4.79 Å². The van der Waals surface area contributed by atoms with Crippen molar-refractivity contribution in [3.8, 4) is 0 Å². The number of likely N-dealkylation sites (tertiary alicyclic amines) is 1. The first-order valence-corrected chi connectivity index (χ1v) is 8.39. The molecular weight excluding hydrogens is 264 g/mol. The monoisotopic (exact) mass is 296 g/mol. The number of nitrogens with one attached hydrogen (secondary N) is 1. The van der Waals surface area contributed by atoms with Crippen LogP contribution in [0.1, 0.15) is 25.7 Å². The lowest BCUT2D eigenvalue weighted by molar-refractivity contribution is -0.129. The number of carbonyl (C=O) groups is 1. The Balaban J connectivity index is 1.58. The predicted octanol–water partition coefficient (Wildman–Crippen LogP) is 0.470. The first-order valence-electron chi connectivity index (χ1n) is 8.39. The van der Waals surface area contributed by atoms with Gasteiger partial charge < -0.3 is 20.0 Å². The largest absolute Gasteiger partial charge is 0.343 e. The van der Waals surface area contributed by atoms with Gasteiger partial charge >= 0.3 is 0 Å². The molecule has 1 heterocycles. The minimum absolute atomic E-state index is 0.215. The fourth-order valence-corrected chi connectivity index (χ4v) is 2.89. The molecule has 0 aromatic heterocycles. The molecular formula is C16H32N4O. The van der Waals surface area contributed by atoms with E-state index in [1.165, 1.54) is 38.8 Å². The van der Waals surface area contributed by atoms with Crippen LogP contribution in [-0.4, -0.2) is 87.1 Å². The van der Waals surface area contributed by atoms with Crippen LogP contribution in [0.25, 0.3) is 0 Å². The Morgan fingerprint density at radius 2 is 1.81 bits per heavy atom. The summed E-state index contributed by atoms with van der Waals surface area (Å²) in [6, 6.07) is 0.678. The zero-order valence-electron chi connectivity index (χ0n) is 14.0. The Morgan fingerprint density at radius 1 is 1.14 bits per heavy atom. The molecule has 0 atom stereocenters. The van der Waals surface area contributed by atoms with Crippen molar-refractivity contribution in [2.75, 3.05) is 60.4 Å².